The highest BCUT2D eigenvalue weighted by Crippen LogP contribution is 2.25. The monoisotopic (exact) mass is 260 g/mol. The highest BCUT2D eigenvalue weighted by molar-refractivity contribution is 5.84. The maximum Gasteiger partial charge on any atom is 0.147 e. The Labute approximate surface area is 113 Å². The molecule has 2 N–H and O–H groups in total. The molecule has 0 bridgehead atoms. The fraction of sp³-hybridized carbons (Fsp3) is 0.400. The molecule has 0 radical (unpaired) electrons. The molecule has 0 saturated carbocycles. The van der Waals surface area contributed by atoms with Crippen molar-refractivity contribution < 1.29 is 10.0 Å². The Hall–Kier alpha value is -1.65. The predicted molar refractivity (Wildman–Crippen MR) is 76.3 cm³/mol. The van der Waals surface area contributed by atoms with Crippen molar-refractivity contribution in [2.24, 2.45) is 0 Å². The molecule has 0 aromatic heterocycles. The zero-order chi connectivity index (χ0) is 13.5. The van der Waals surface area contributed by atoms with Crippen LogP contribution in [0.15, 0.2) is 29.8 Å². The first kappa shape index (κ1) is 13.8. The molecule has 0 amide bonds. The quantitative estimate of drug-likeness (QED) is 0.484. The summed E-state index contributed by atoms with van der Waals surface area (Å²) in [5.41, 5.74) is 4.75. The number of para-hydroxylation sites is 1. The molecule has 0 unspecified atom stereocenters. The molecule has 1 aromatic rings. The lowest BCUT2D eigenvalue weighted by Crippen LogP contribution is -2.29. The smallest absolute Gasteiger partial charge is 0.147 e. The summed E-state index contributed by atoms with van der Waals surface area (Å²) in [6.45, 7) is 2.30. The third-order valence-electron chi connectivity index (χ3n) is 3.41. The highest BCUT2D eigenvalue weighted by Gasteiger charge is 2.13. The van der Waals surface area contributed by atoms with E-state index < -0.39 is 0 Å². The molecule has 1 heterocycles. The van der Waals surface area contributed by atoms with Crippen LogP contribution in [0.4, 0.5) is 5.69 Å². The summed E-state index contributed by atoms with van der Waals surface area (Å²) >= 11 is 0. The molecular formula is C15H20N2O2. The largest absolute Gasteiger partial charge is 0.371 e. The van der Waals surface area contributed by atoms with Gasteiger partial charge in [-0.05, 0) is 37.0 Å². The van der Waals surface area contributed by atoms with Crippen LogP contribution in [0.25, 0.3) is 6.08 Å². The van der Waals surface area contributed by atoms with Crippen LogP contribution < -0.4 is 10.4 Å². The van der Waals surface area contributed by atoms with Crippen LogP contribution in [0.1, 0.15) is 24.8 Å². The van der Waals surface area contributed by atoms with Crippen LogP contribution >= 0.6 is 0 Å². The maximum absolute atomic E-state index is 11.0. The zero-order valence-corrected chi connectivity index (χ0v) is 11.0. The average Bonchev–Trinajstić information content (AvgIpc) is 2.48. The van der Waals surface area contributed by atoms with E-state index in [1.54, 1.807) is 0 Å². The van der Waals surface area contributed by atoms with Crippen LogP contribution in [0.2, 0.25) is 0 Å². The van der Waals surface area contributed by atoms with Gasteiger partial charge in [-0.2, -0.15) is 0 Å². The number of aldehydes is 1. The summed E-state index contributed by atoms with van der Waals surface area (Å²) in [5.74, 6) is 0. The standard InChI is InChI=1S/C15H20N2O2/c18-12-13(11-16-19)10-14-6-2-3-7-15(14)17-8-4-1-5-9-17/h2-3,6-7,10,12,16,19H,1,4-5,8-9,11H2/b13-10-. The number of anilines is 1. The zero-order valence-electron chi connectivity index (χ0n) is 11.0. The minimum atomic E-state index is 0.165. The van der Waals surface area contributed by atoms with Gasteiger partial charge < -0.3 is 10.1 Å². The third-order valence-corrected chi connectivity index (χ3v) is 3.41. The van der Waals surface area contributed by atoms with Gasteiger partial charge in [0.05, 0.1) is 0 Å². The second-order valence-corrected chi connectivity index (χ2v) is 4.78. The number of piperidine rings is 1. The molecule has 0 atom stereocenters. The summed E-state index contributed by atoms with van der Waals surface area (Å²) in [4.78, 5) is 13.3. The van der Waals surface area contributed by atoms with Crippen molar-refractivity contribution in [3.8, 4) is 0 Å². The molecule has 0 aliphatic carbocycles. The van der Waals surface area contributed by atoms with Crippen LogP contribution in [0, 0.1) is 0 Å². The summed E-state index contributed by atoms with van der Waals surface area (Å²) in [6, 6.07) is 8.08. The minimum absolute atomic E-state index is 0.165. The average molecular weight is 260 g/mol. The Morgan fingerprint density at radius 1 is 1.26 bits per heavy atom. The molecule has 1 aliphatic rings. The van der Waals surface area contributed by atoms with E-state index in [1.165, 1.54) is 24.9 Å². The van der Waals surface area contributed by atoms with Gasteiger partial charge in [0, 0.05) is 30.9 Å². The van der Waals surface area contributed by atoms with E-state index in [4.69, 9.17) is 5.21 Å². The Morgan fingerprint density at radius 3 is 2.68 bits per heavy atom. The molecule has 1 aromatic carbocycles. The summed E-state index contributed by atoms with van der Waals surface area (Å²) < 4.78 is 0. The Bertz CT molecular complexity index is 451. The van der Waals surface area contributed by atoms with Gasteiger partial charge in [-0.1, -0.05) is 18.2 Å². The SMILES string of the molecule is O=C/C(=C\c1ccccc1N1CCCCC1)CNO. The molecular weight excluding hydrogens is 240 g/mol. The topological polar surface area (TPSA) is 52.6 Å². The van der Waals surface area contributed by atoms with E-state index in [-0.39, 0.29) is 6.54 Å². The van der Waals surface area contributed by atoms with Crippen molar-refractivity contribution in [2.45, 2.75) is 19.3 Å². The minimum Gasteiger partial charge on any atom is -0.371 e. The lowest BCUT2D eigenvalue weighted by molar-refractivity contribution is -0.105. The van der Waals surface area contributed by atoms with Gasteiger partial charge in [-0.15, -0.1) is 0 Å². The summed E-state index contributed by atoms with van der Waals surface area (Å²) in [7, 11) is 0. The molecule has 102 valence electrons. The number of hydrogen-bond acceptors (Lipinski definition) is 4. The number of hydroxylamine groups is 1. The van der Waals surface area contributed by atoms with Crippen LogP contribution in [-0.4, -0.2) is 31.1 Å². The van der Waals surface area contributed by atoms with Crippen LogP contribution in [0.3, 0.4) is 0 Å². The van der Waals surface area contributed by atoms with Crippen molar-refractivity contribution in [3.05, 3.63) is 35.4 Å². The van der Waals surface area contributed by atoms with E-state index >= 15 is 0 Å². The van der Waals surface area contributed by atoms with Crippen molar-refractivity contribution in [1.29, 1.82) is 0 Å². The molecule has 4 nitrogen and oxygen atoms in total. The van der Waals surface area contributed by atoms with Crippen molar-refractivity contribution in [2.75, 3.05) is 24.5 Å². The molecule has 2 rings (SSSR count). The van der Waals surface area contributed by atoms with E-state index in [9.17, 15) is 4.79 Å². The fourth-order valence-corrected chi connectivity index (χ4v) is 2.45. The lowest BCUT2D eigenvalue weighted by Gasteiger charge is -2.30. The second-order valence-electron chi connectivity index (χ2n) is 4.78. The van der Waals surface area contributed by atoms with Gasteiger partial charge in [-0.3, -0.25) is 4.79 Å². The van der Waals surface area contributed by atoms with Gasteiger partial charge in [-0.25, -0.2) is 5.48 Å². The number of carbonyl (C=O) groups excluding carboxylic acids is 1. The van der Waals surface area contributed by atoms with Crippen LogP contribution in [0.5, 0.6) is 0 Å². The van der Waals surface area contributed by atoms with Crippen LogP contribution in [-0.2, 0) is 4.79 Å². The summed E-state index contributed by atoms with van der Waals surface area (Å²) in [5, 5.41) is 8.70. The van der Waals surface area contributed by atoms with E-state index in [2.05, 4.69) is 11.0 Å². The van der Waals surface area contributed by atoms with E-state index in [0.717, 1.165) is 24.9 Å². The Morgan fingerprint density at radius 2 is 2.00 bits per heavy atom. The van der Waals surface area contributed by atoms with Gasteiger partial charge in [0.2, 0.25) is 0 Å². The molecule has 0 spiro atoms. The number of carbonyl (C=O) groups is 1. The second kappa shape index (κ2) is 7.07. The lowest BCUT2D eigenvalue weighted by atomic mass is 10.1. The third kappa shape index (κ3) is 3.66. The van der Waals surface area contributed by atoms with Crippen molar-refractivity contribution in [1.82, 2.24) is 5.48 Å². The first-order chi connectivity index (χ1) is 9.35. The van der Waals surface area contributed by atoms with Crippen molar-refractivity contribution in [3.63, 3.8) is 0 Å². The molecule has 1 fully saturated rings. The number of benzene rings is 1. The van der Waals surface area contributed by atoms with Crippen molar-refractivity contribution >= 4 is 18.0 Å². The Kier molecular flexibility index (Phi) is 5.12. The molecule has 19 heavy (non-hydrogen) atoms. The maximum atomic E-state index is 11.0. The van der Waals surface area contributed by atoms with Gasteiger partial charge in [0.25, 0.3) is 0 Å². The van der Waals surface area contributed by atoms with E-state index in [1.807, 2.05) is 29.8 Å². The molecule has 1 saturated heterocycles. The van der Waals surface area contributed by atoms with Gasteiger partial charge in [0.1, 0.15) is 6.29 Å². The first-order valence-electron chi connectivity index (χ1n) is 6.72. The number of nitrogens with zero attached hydrogens (tertiary/aromatic N) is 1. The number of rotatable bonds is 5. The predicted octanol–water partition coefficient (Wildman–Crippen LogP) is 2.24. The van der Waals surface area contributed by atoms with Gasteiger partial charge >= 0.3 is 0 Å². The first-order valence-corrected chi connectivity index (χ1v) is 6.72. The number of hydrogen-bond donors (Lipinski definition) is 2. The normalized spacial score (nSPS) is 16.5. The van der Waals surface area contributed by atoms with E-state index in [0.29, 0.717) is 5.57 Å². The highest BCUT2D eigenvalue weighted by atomic mass is 16.5. The number of nitrogens with one attached hydrogen (secondary N) is 1. The fourth-order valence-electron chi connectivity index (χ4n) is 2.45. The van der Waals surface area contributed by atoms with Gasteiger partial charge in [0.15, 0.2) is 0 Å². The summed E-state index contributed by atoms with van der Waals surface area (Å²) in [6.07, 6.45) is 6.34. The molecule has 1 aliphatic heterocycles. The Balaban J connectivity index is 2.26. The molecule has 4 heteroatoms.